The molecule has 0 spiro atoms. The van der Waals surface area contributed by atoms with Gasteiger partial charge in [0, 0.05) is 0 Å². The Hall–Kier alpha value is -2.10. The van der Waals surface area contributed by atoms with Gasteiger partial charge in [-0.1, -0.05) is 12.1 Å². The summed E-state index contributed by atoms with van der Waals surface area (Å²) in [4.78, 5) is 22.8. The number of hydrogen-bond acceptors (Lipinski definition) is 4. The number of phenolic OH excluding ortho intramolecular Hbond substituents is 1. The predicted molar refractivity (Wildman–Crippen MR) is 63.4 cm³/mol. The highest BCUT2D eigenvalue weighted by Crippen LogP contribution is 2.15. The van der Waals surface area contributed by atoms with Gasteiger partial charge < -0.3 is 9.84 Å². The Bertz CT molecular complexity index is 460. The van der Waals surface area contributed by atoms with E-state index in [1.54, 1.807) is 19.1 Å². The Morgan fingerprint density at radius 2 is 2.12 bits per heavy atom. The molecule has 90 valence electrons. The van der Waals surface area contributed by atoms with Crippen LogP contribution >= 0.6 is 0 Å². The summed E-state index contributed by atoms with van der Waals surface area (Å²) >= 11 is 0. The van der Waals surface area contributed by atoms with Crippen molar-refractivity contribution >= 4 is 17.8 Å². The molecule has 0 aliphatic carbocycles. The second-order valence-electron chi connectivity index (χ2n) is 3.43. The van der Waals surface area contributed by atoms with Crippen molar-refractivity contribution in [2.45, 2.75) is 13.8 Å². The van der Waals surface area contributed by atoms with Crippen LogP contribution in [-0.4, -0.2) is 23.5 Å². The van der Waals surface area contributed by atoms with Crippen LogP contribution in [0.15, 0.2) is 29.8 Å². The molecule has 0 aliphatic heterocycles. The Morgan fingerprint density at radius 3 is 2.65 bits per heavy atom. The molecule has 0 heterocycles. The van der Waals surface area contributed by atoms with Crippen molar-refractivity contribution in [3.05, 3.63) is 35.4 Å². The summed E-state index contributed by atoms with van der Waals surface area (Å²) < 4.78 is 4.78. The van der Waals surface area contributed by atoms with Crippen LogP contribution in [0.25, 0.3) is 6.08 Å². The maximum atomic E-state index is 11.5. The molecule has 0 atom stereocenters. The zero-order valence-corrected chi connectivity index (χ0v) is 9.77. The number of hydrogen-bond donors (Lipinski definition) is 1. The third kappa shape index (κ3) is 3.75. The predicted octanol–water partition coefficient (Wildman–Crippen LogP) is 1.93. The second kappa shape index (κ2) is 5.84. The number of carbonyl (C=O) groups excluding carboxylic acids is 2. The van der Waals surface area contributed by atoms with Crippen LogP contribution in [-0.2, 0) is 14.3 Å². The first-order valence-electron chi connectivity index (χ1n) is 5.23. The molecule has 1 rings (SSSR count). The van der Waals surface area contributed by atoms with Crippen molar-refractivity contribution in [2.24, 2.45) is 0 Å². The minimum Gasteiger partial charge on any atom is -0.508 e. The fourth-order valence-electron chi connectivity index (χ4n) is 1.29. The van der Waals surface area contributed by atoms with Crippen molar-refractivity contribution in [3.8, 4) is 5.75 Å². The summed E-state index contributed by atoms with van der Waals surface area (Å²) in [6.45, 7) is 3.18. The van der Waals surface area contributed by atoms with E-state index in [1.165, 1.54) is 25.1 Å². The van der Waals surface area contributed by atoms with Gasteiger partial charge in [-0.15, -0.1) is 0 Å². The highest BCUT2D eigenvalue weighted by Gasteiger charge is 2.15. The Kier molecular flexibility index (Phi) is 4.46. The number of aromatic hydroxyl groups is 1. The van der Waals surface area contributed by atoms with Gasteiger partial charge in [-0.2, -0.15) is 0 Å². The number of carbonyl (C=O) groups is 2. The van der Waals surface area contributed by atoms with Crippen LogP contribution < -0.4 is 0 Å². The number of benzene rings is 1. The quantitative estimate of drug-likeness (QED) is 0.374. The molecule has 1 aromatic rings. The van der Waals surface area contributed by atoms with Gasteiger partial charge in [0.2, 0.25) is 0 Å². The van der Waals surface area contributed by atoms with Crippen LogP contribution in [0.3, 0.4) is 0 Å². The number of Topliss-reactive ketones (excluding diaryl/α,β-unsaturated/α-hetero) is 1. The van der Waals surface area contributed by atoms with Gasteiger partial charge in [0.1, 0.15) is 11.3 Å². The van der Waals surface area contributed by atoms with Crippen molar-refractivity contribution < 1.29 is 19.4 Å². The lowest BCUT2D eigenvalue weighted by molar-refractivity contribution is -0.139. The third-order valence-corrected chi connectivity index (χ3v) is 2.06. The minimum atomic E-state index is -0.650. The van der Waals surface area contributed by atoms with E-state index in [1.807, 2.05) is 0 Å². The molecule has 4 heteroatoms. The Morgan fingerprint density at radius 1 is 1.41 bits per heavy atom. The van der Waals surface area contributed by atoms with Crippen LogP contribution in [0.1, 0.15) is 19.4 Å². The maximum absolute atomic E-state index is 11.5. The standard InChI is InChI=1S/C13H14O4/c1-3-17-13(16)12(9(2)14)8-10-5-4-6-11(15)7-10/h4-8,15H,3H2,1-2H3/b12-8-. The lowest BCUT2D eigenvalue weighted by atomic mass is 10.1. The van der Waals surface area contributed by atoms with Crippen molar-refractivity contribution in [3.63, 3.8) is 0 Å². The monoisotopic (exact) mass is 234 g/mol. The van der Waals surface area contributed by atoms with Crippen molar-refractivity contribution in [1.29, 1.82) is 0 Å². The summed E-state index contributed by atoms with van der Waals surface area (Å²) in [5.74, 6) is -0.944. The summed E-state index contributed by atoms with van der Waals surface area (Å²) in [6.07, 6.45) is 1.40. The third-order valence-electron chi connectivity index (χ3n) is 2.06. The zero-order chi connectivity index (χ0) is 12.8. The fraction of sp³-hybridized carbons (Fsp3) is 0.231. The van der Waals surface area contributed by atoms with Gasteiger partial charge in [-0.3, -0.25) is 4.79 Å². The number of ether oxygens (including phenoxy) is 1. The molecule has 0 amide bonds. The summed E-state index contributed by atoms with van der Waals surface area (Å²) in [6, 6.07) is 6.28. The Labute approximate surface area is 99.5 Å². The number of rotatable bonds is 4. The fourth-order valence-corrected chi connectivity index (χ4v) is 1.29. The zero-order valence-electron chi connectivity index (χ0n) is 9.77. The molecule has 0 aliphatic rings. The van der Waals surface area contributed by atoms with Crippen LogP contribution in [0.5, 0.6) is 5.75 Å². The molecule has 0 unspecified atom stereocenters. The number of ketones is 1. The van der Waals surface area contributed by atoms with Gasteiger partial charge in [-0.05, 0) is 37.6 Å². The van der Waals surface area contributed by atoms with Crippen molar-refractivity contribution in [2.75, 3.05) is 6.61 Å². The van der Waals surface area contributed by atoms with E-state index in [0.29, 0.717) is 5.56 Å². The number of phenols is 1. The summed E-state index contributed by atoms with van der Waals surface area (Å²) in [7, 11) is 0. The summed E-state index contributed by atoms with van der Waals surface area (Å²) in [5.41, 5.74) is 0.542. The first kappa shape index (κ1) is 13.0. The van der Waals surface area contributed by atoms with Gasteiger partial charge in [-0.25, -0.2) is 4.79 Å². The lowest BCUT2D eigenvalue weighted by Crippen LogP contribution is -2.13. The molecule has 0 radical (unpaired) electrons. The molecule has 0 saturated heterocycles. The van der Waals surface area contributed by atoms with E-state index in [0.717, 1.165) is 0 Å². The van der Waals surface area contributed by atoms with Crippen molar-refractivity contribution in [1.82, 2.24) is 0 Å². The highest BCUT2D eigenvalue weighted by molar-refractivity contribution is 6.19. The van der Waals surface area contributed by atoms with Gasteiger partial charge in [0.15, 0.2) is 5.78 Å². The maximum Gasteiger partial charge on any atom is 0.341 e. The van der Waals surface area contributed by atoms with Gasteiger partial charge in [0.05, 0.1) is 6.61 Å². The first-order valence-corrected chi connectivity index (χ1v) is 5.23. The first-order chi connectivity index (χ1) is 8.04. The van der Waals surface area contributed by atoms with Gasteiger partial charge in [0.25, 0.3) is 0 Å². The van der Waals surface area contributed by atoms with Crippen LogP contribution in [0.2, 0.25) is 0 Å². The van der Waals surface area contributed by atoms with Crippen LogP contribution in [0, 0.1) is 0 Å². The molecule has 0 saturated carbocycles. The molecule has 0 bridgehead atoms. The minimum absolute atomic E-state index is 0.0301. The molecule has 0 aromatic heterocycles. The summed E-state index contributed by atoms with van der Waals surface area (Å²) in [5, 5.41) is 9.28. The van der Waals surface area contributed by atoms with E-state index in [9.17, 15) is 14.7 Å². The van der Waals surface area contributed by atoms with E-state index in [2.05, 4.69) is 0 Å². The SMILES string of the molecule is CCOC(=O)/C(=C\c1cccc(O)c1)C(C)=O. The highest BCUT2D eigenvalue weighted by atomic mass is 16.5. The van der Waals surface area contributed by atoms with E-state index in [-0.39, 0.29) is 23.7 Å². The second-order valence-corrected chi connectivity index (χ2v) is 3.43. The molecular weight excluding hydrogens is 220 g/mol. The Balaban J connectivity index is 3.06. The molecule has 17 heavy (non-hydrogen) atoms. The topological polar surface area (TPSA) is 63.6 Å². The van der Waals surface area contributed by atoms with Gasteiger partial charge >= 0.3 is 5.97 Å². The molecular formula is C13H14O4. The van der Waals surface area contributed by atoms with E-state index < -0.39 is 5.97 Å². The molecule has 1 aromatic carbocycles. The van der Waals surface area contributed by atoms with E-state index in [4.69, 9.17) is 4.74 Å². The largest absolute Gasteiger partial charge is 0.508 e. The molecule has 4 nitrogen and oxygen atoms in total. The van der Waals surface area contributed by atoms with E-state index >= 15 is 0 Å². The smallest absolute Gasteiger partial charge is 0.341 e. The number of esters is 1. The average Bonchev–Trinajstić information content (AvgIpc) is 2.26. The molecule has 0 fully saturated rings. The molecule has 1 N–H and O–H groups in total. The average molecular weight is 234 g/mol. The lowest BCUT2D eigenvalue weighted by Gasteiger charge is -2.03. The normalized spacial score (nSPS) is 11.1. The van der Waals surface area contributed by atoms with Crippen LogP contribution in [0.4, 0.5) is 0 Å².